The number of rotatable bonds is 15. The SMILES string of the molecule is CCCCCCCCCCCC(=O)OC[C@H](O)[C@@H](O)[C@H](O)CO. The molecule has 0 radical (unpaired) electrons. The van der Waals surface area contributed by atoms with Gasteiger partial charge >= 0.3 is 5.97 Å². The Labute approximate surface area is 139 Å². The average Bonchev–Trinajstić information content (AvgIpc) is 2.56. The van der Waals surface area contributed by atoms with Crippen molar-refractivity contribution in [3.8, 4) is 0 Å². The first-order chi connectivity index (χ1) is 11.0. The van der Waals surface area contributed by atoms with Crippen LogP contribution in [0, 0.1) is 0 Å². The predicted molar refractivity (Wildman–Crippen MR) is 87.9 cm³/mol. The molecule has 0 rings (SSSR count). The van der Waals surface area contributed by atoms with Crippen LogP contribution in [-0.4, -0.2) is 57.9 Å². The van der Waals surface area contributed by atoms with Crippen molar-refractivity contribution in [2.24, 2.45) is 0 Å². The van der Waals surface area contributed by atoms with Gasteiger partial charge in [-0.25, -0.2) is 0 Å². The predicted octanol–water partition coefficient (Wildman–Crippen LogP) is 1.53. The Kier molecular flexibility index (Phi) is 14.4. The van der Waals surface area contributed by atoms with Crippen molar-refractivity contribution in [1.82, 2.24) is 0 Å². The van der Waals surface area contributed by atoms with Crippen molar-refractivity contribution in [3.05, 3.63) is 0 Å². The maximum Gasteiger partial charge on any atom is 0.305 e. The second kappa shape index (κ2) is 14.9. The maximum absolute atomic E-state index is 11.5. The molecule has 0 heterocycles. The highest BCUT2D eigenvalue weighted by Crippen LogP contribution is 2.11. The second-order valence-corrected chi connectivity index (χ2v) is 6.07. The topological polar surface area (TPSA) is 107 Å². The van der Waals surface area contributed by atoms with Gasteiger partial charge < -0.3 is 25.2 Å². The third-order valence-corrected chi connectivity index (χ3v) is 3.88. The molecule has 0 aliphatic heterocycles. The molecular weight excluding hydrogens is 300 g/mol. The standard InChI is InChI=1S/C17H34O6/c1-2-3-4-5-6-7-8-9-10-11-16(21)23-13-15(20)17(22)14(19)12-18/h14-15,17-20,22H,2-13H2,1H3/t14-,15+,17+/m1/s1. The summed E-state index contributed by atoms with van der Waals surface area (Å²) in [6, 6.07) is 0. The molecule has 0 spiro atoms. The smallest absolute Gasteiger partial charge is 0.305 e. The molecule has 0 aromatic rings. The van der Waals surface area contributed by atoms with Crippen LogP contribution < -0.4 is 0 Å². The molecule has 0 aromatic heterocycles. The molecular formula is C17H34O6. The van der Waals surface area contributed by atoms with Gasteiger partial charge in [-0.05, 0) is 6.42 Å². The van der Waals surface area contributed by atoms with Gasteiger partial charge in [-0.15, -0.1) is 0 Å². The molecule has 6 heteroatoms. The Morgan fingerprint density at radius 2 is 1.39 bits per heavy atom. The van der Waals surface area contributed by atoms with E-state index >= 15 is 0 Å². The molecule has 0 aliphatic rings. The molecule has 138 valence electrons. The molecule has 0 bridgehead atoms. The van der Waals surface area contributed by atoms with E-state index in [1.54, 1.807) is 0 Å². The number of hydrogen-bond donors (Lipinski definition) is 4. The van der Waals surface area contributed by atoms with Crippen LogP contribution in [0.15, 0.2) is 0 Å². The fraction of sp³-hybridized carbons (Fsp3) is 0.941. The highest BCUT2D eigenvalue weighted by atomic mass is 16.5. The van der Waals surface area contributed by atoms with E-state index in [9.17, 15) is 15.0 Å². The summed E-state index contributed by atoms with van der Waals surface area (Å²) in [6.45, 7) is 1.16. The lowest BCUT2D eigenvalue weighted by atomic mass is 10.1. The van der Waals surface area contributed by atoms with Crippen LogP contribution in [0.2, 0.25) is 0 Å². The highest BCUT2D eigenvalue weighted by molar-refractivity contribution is 5.69. The van der Waals surface area contributed by atoms with Gasteiger partial charge in [-0.2, -0.15) is 0 Å². The van der Waals surface area contributed by atoms with Crippen LogP contribution in [0.5, 0.6) is 0 Å². The lowest BCUT2D eigenvalue weighted by Crippen LogP contribution is -2.42. The van der Waals surface area contributed by atoms with Crippen molar-refractivity contribution < 1.29 is 30.0 Å². The third kappa shape index (κ3) is 12.4. The van der Waals surface area contributed by atoms with E-state index in [2.05, 4.69) is 6.92 Å². The summed E-state index contributed by atoms with van der Waals surface area (Å²) in [4.78, 5) is 11.5. The van der Waals surface area contributed by atoms with Crippen molar-refractivity contribution in [3.63, 3.8) is 0 Å². The quantitative estimate of drug-likeness (QED) is 0.267. The molecule has 0 unspecified atom stereocenters. The largest absolute Gasteiger partial charge is 0.463 e. The number of esters is 1. The van der Waals surface area contributed by atoms with E-state index in [1.165, 1.54) is 38.5 Å². The lowest BCUT2D eigenvalue weighted by Gasteiger charge is -2.21. The van der Waals surface area contributed by atoms with E-state index in [1.807, 2.05) is 0 Å². The molecule has 0 aromatic carbocycles. The molecule has 23 heavy (non-hydrogen) atoms. The van der Waals surface area contributed by atoms with Crippen molar-refractivity contribution >= 4 is 5.97 Å². The molecule has 0 saturated carbocycles. The fourth-order valence-electron chi connectivity index (χ4n) is 2.29. The van der Waals surface area contributed by atoms with Crippen LogP contribution in [0.4, 0.5) is 0 Å². The van der Waals surface area contributed by atoms with Crippen LogP contribution in [-0.2, 0) is 9.53 Å². The molecule has 0 aliphatic carbocycles. The van der Waals surface area contributed by atoms with Gasteiger partial charge in [0.2, 0.25) is 0 Å². The zero-order valence-corrected chi connectivity index (χ0v) is 14.3. The van der Waals surface area contributed by atoms with E-state index in [4.69, 9.17) is 14.9 Å². The number of aliphatic hydroxyl groups excluding tert-OH is 4. The number of aliphatic hydroxyl groups is 4. The monoisotopic (exact) mass is 334 g/mol. The number of carbonyl (C=O) groups is 1. The molecule has 0 amide bonds. The number of hydrogen-bond acceptors (Lipinski definition) is 6. The summed E-state index contributed by atoms with van der Waals surface area (Å²) in [7, 11) is 0. The third-order valence-electron chi connectivity index (χ3n) is 3.88. The molecule has 6 nitrogen and oxygen atoms in total. The zero-order chi connectivity index (χ0) is 17.5. The van der Waals surface area contributed by atoms with Gasteiger partial charge in [0.15, 0.2) is 0 Å². The van der Waals surface area contributed by atoms with Crippen LogP contribution in [0.1, 0.15) is 71.1 Å². The molecule has 0 saturated heterocycles. The van der Waals surface area contributed by atoms with Gasteiger partial charge in [0.05, 0.1) is 6.61 Å². The Balaban J connectivity index is 3.50. The van der Waals surface area contributed by atoms with Crippen molar-refractivity contribution in [2.45, 2.75) is 89.4 Å². The van der Waals surface area contributed by atoms with Crippen LogP contribution in [0.3, 0.4) is 0 Å². The molecule has 4 N–H and O–H groups in total. The summed E-state index contributed by atoms with van der Waals surface area (Å²) in [5, 5.41) is 36.7. The lowest BCUT2D eigenvalue weighted by molar-refractivity contribution is -0.152. The van der Waals surface area contributed by atoms with Gasteiger partial charge in [-0.3, -0.25) is 4.79 Å². The normalized spacial score (nSPS) is 15.2. The van der Waals surface area contributed by atoms with Gasteiger partial charge in [-0.1, -0.05) is 58.3 Å². The Bertz CT molecular complexity index is 284. The summed E-state index contributed by atoms with van der Waals surface area (Å²) in [6.07, 6.45) is 6.38. The first kappa shape index (κ1) is 22.3. The number of unbranched alkanes of at least 4 members (excludes halogenated alkanes) is 8. The van der Waals surface area contributed by atoms with Gasteiger partial charge in [0, 0.05) is 6.42 Å². The first-order valence-corrected chi connectivity index (χ1v) is 8.83. The van der Waals surface area contributed by atoms with Crippen molar-refractivity contribution in [2.75, 3.05) is 13.2 Å². The van der Waals surface area contributed by atoms with E-state index in [-0.39, 0.29) is 6.61 Å². The minimum absolute atomic E-state index is 0.293. The minimum atomic E-state index is -1.53. The Morgan fingerprint density at radius 3 is 1.91 bits per heavy atom. The summed E-state index contributed by atoms with van der Waals surface area (Å²) in [5.41, 5.74) is 0. The number of ether oxygens (including phenoxy) is 1. The van der Waals surface area contributed by atoms with E-state index < -0.39 is 30.9 Å². The van der Waals surface area contributed by atoms with Crippen molar-refractivity contribution in [1.29, 1.82) is 0 Å². The molecule has 0 fully saturated rings. The highest BCUT2D eigenvalue weighted by Gasteiger charge is 2.25. The van der Waals surface area contributed by atoms with Crippen LogP contribution >= 0.6 is 0 Å². The molecule has 3 atom stereocenters. The van der Waals surface area contributed by atoms with E-state index in [0.29, 0.717) is 6.42 Å². The minimum Gasteiger partial charge on any atom is -0.463 e. The average molecular weight is 334 g/mol. The van der Waals surface area contributed by atoms with Gasteiger partial charge in [0.1, 0.15) is 24.9 Å². The first-order valence-electron chi connectivity index (χ1n) is 8.83. The summed E-state index contributed by atoms with van der Waals surface area (Å²) >= 11 is 0. The van der Waals surface area contributed by atoms with Gasteiger partial charge in [0.25, 0.3) is 0 Å². The Morgan fingerprint density at radius 1 is 0.870 bits per heavy atom. The fourth-order valence-corrected chi connectivity index (χ4v) is 2.29. The summed E-state index contributed by atoms with van der Waals surface area (Å²) < 4.78 is 4.85. The Hall–Kier alpha value is -0.690. The maximum atomic E-state index is 11.5. The summed E-state index contributed by atoms with van der Waals surface area (Å²) in [5.74, 6) is -0.419. The zero-order valence-electron chi connectivity index (χ0n) is 14.3. The number of carbonyl (C=O) groups excluding carboxylic acids is 1. The second-order valence-electron chi connectivity index (χ2n) is 6.07. The van der Waals surface area contributed by atoms with Crippen LogP contribution in [0.25, 0.3) is 0 Å². The van der Waals surface area contributed by atoms with E-state index in [0.717, 1.165) is 19.3 Å².